The fourth-order valence-electron chi connectivity index (χ4n) is 1.53. The van der Waals surface area contributed by atoms with Crippen LogP contribution in [-0.4, -0.2) is 55.1 Å². The fourth-order valence-corrected chi connectivity index (χ4v) is 1.53. The number of likely N-dealkylation sites (tertiary alicyclic amines) is 1. The van der Waals surface area contributed by atoms with Gasteiger partial charge in [0.1, 0.15) is 6.10 Å². The highest BCUT2D eigenvalue weighted by atomic mass is 16.6. The molecule has 1 aliphatic heterocycles. The molecule has 2 atom stereocenters. The van der Waals surface area contributed by atoms with Crippen molar-refractivity contribution in [3.05, 3.63) is 0 Å². The molecule has 1 fully saturated rings. The summed E-state index contributed by atoms with van der Waals surface area (Å²) in [5.74, 6) is 0. The number of aliphatic hydroxyl groups excluding tert-OH is 1. The smallest absolute Gasteiger partial charge is 0.409 e. The molecule has 1 amide bonds. The number of unbranched alkanes of at least 4 members (excludes halogenated alkanes) is 1. The second-order valence-electron chi connectivity index (χ2n) is 3.71. The average molecular weight is 217 g/mol. The molecule has 0 radical (unpaired) electrons. The van der Waals surface area contributed by atoms with Gasteiger partial charge in [0.15, 0.2) is 0 Å². The van der Waals surface area contributed by atoms with Crippen LogP contribution >= 0.6 is 0 Å². The van der Waals surface area contributed by atoms with Crippen LogP contribution in [0.3, 0.4) is 0 Å². The van der Waals surface area contributed by atoms with Crippen molar-refractivity contribution < 1.29 is 19.4 Å². The molecule has 88 valence electrons. The Bertz CT molecular complexity index is 210. The van der Waals surface area contributed by atoms with Gasteiger partial charge in [0.25, 0.3) is 0 Å². The van der Waals surface area contributed by atoms with Crippen molar-refractivity contribution in [1.82, 2.24) is 4.90 Å². The highest BCUT2D eigenvalue weighted by molar-refractivity contribution is 5.68. The van der Waals surface area contributed by atoms with E-state index in [-0.39, 0.29) is 12.2 Å². The van der Waals surface area contributed by atoms with Gasteiger partial charge in [-0.1, -0.05) is 13.3 Å². The number of carbonyl (C=O) groups is 1. The molecule has 0 aromatic rings. The maximum Gasteiger partial charge on any atom is 0.409 e. The molecule has 1 N–H and O–H groups in total. The van der Waals surface area contributed by atoms with Crippen molar-refractivity contribution in [3.63, 3.8) is 0 Å². The van der Waals surface area contributed by atoms with E-state index in [0.717, 1.165) is 12.8 Å². The van der Waals surface area contributed by atoms with E-state index in [1.54, 1.807) is 0 Å². The Morgan fingerprint density at radius 1 is 1.53 bits per heavy atom. The number of rotatable bonds is 4. The number of β-amino-alcohol motifs (C(OH)–C–C–N with tert-alkyl or cyclic N) is 1. The predicted octanol–water partition coefficient (Wildman–Crippen LogP) is 0.615. The third-order valence-corrected chi connectivity index (χ3v) is 2.52. The summed E-state index contributed by atoms with van der Waals surface area (Å²) in [4.78, 5) is 12.9. The Balaban J connectivity index is 2.29. The van der Waals surface area contributed by atoms with Gasteiger partial charge >= 0.3 is 6.09 Å². The summed E-state index contributed by atoms with van der Waals surface area (Å²) in [6.07, 6.45) is 0.617. The molecule has 5 nitrogen and oxygen atoms in total. The monoisotopic (exact) mass is 217 g/mol. The van der Waals surface area contributed by atoms with Crippen LogP contribution in [0.4, 0.5) is 4.79 Å². The number of ether oxygens (including phenoxy) is 2. The molecule has 1 saturated heterocycles. The summed E-state index contributed by atoms with van der Waals surface area (Å²) < 4.78 is 10.1. The van der Waals surface area contributed by atoms with Crippen molar-refractivity contribution in [2.45, 2.75) is 32.0 Å². The van der Waals surface area contributed by atoms with Crippen LogP contribution in [0.1, 0.15) is 19.8 Å². The summed E-state index contributed by atoms with van der Waals surface area (Å²) in [6, 6.07) is 0. The number of hydrogen-bond donors (Lipinski definition) is 1. The average Bonchev–Trinajstić information content (AvgIpc) is 2.60. The van der Waals surface area contributed by atoms with Gasteiger partial charge in [-0.3, -0.25) is 0 Å². The van der Waals surface area contributed by atoms with Gasteiger partial charge in [0.2, 0.25) is 0 Å². The highest BCUT2D eigenvalue weighted by Crippen LogP contribution is 2.13. The van der Waals surface area contributed by atoms with Gasteiger partial charge in [-0.15, -0.1) is 0 Å². The second-order valence-corrected chi connectivity index (χ2v) is 3.71. The summed E-state index contributed by atoms with van der Waals surface area (Å²) >= 11 is 0. The van der Waals surface area contributed by atoms with Gasteiger partial charge in [-0.05, 0) is 6.42 Å². The van der Waals surface area contributed by atoms with Crippen molar-refractivity contribution in [3.8, 4) is 0 Å². The first-order valence-electron chi connectivity index (χ1n) is 5.31. The minimum Gasteiger partial charge on any atom is -0.449 e. The largest absolute Gasteiger partial charge is 0.449 e. The van der Waals surface area contributed by atoms with E-state index in [4.69, 9.17) is 9.47 Å². The molecule has 0 saturated carbocycles. The summed E-state index contributed by atoms with van der Waals surface area (Å²) in [5.41, 5.74) is 0. The molecule has 0 aliphatic carbocycles. The van der Waals surface area contributed by atoms with Crippen molar-refractivity contribution in [2.24, 2.45) is 0 Å². The second kappa shape index (κ2) is 5.92. The van der Waals surface area contributed by atoms with Gasteiger partial charge < -0.3 is 19.5 Å². The van der Waals surface area contributed by atoms with Crippen molar-refractivity contribution >= 4 is 6.09 Å². The molecule has 1 rings (SSSR count). The standard InChI is InChI=1S/C10H19NO4/c1-3-4-5-15-10(13)11-6-8(12)9(7-11)14-2/h8-9,12H,3-7H2,1-2H3/t8-,9-/m1/s1. The van der Waals surface area contributed by atoms with Crippen LogP contribution in [0.2, 0.25) is 0 Å². The molecular formula is C10H19NO4. The number of amides is 1. The molecule has 0 bridgehead atoms. The number of nitrogens with zero attached hydrogens (tertiary/aromatic N) is 1. The van der Waals surface area contributed by atoms with Crippen LogP contribution in [0.15, 0.2) is 0 Å². The van der Waals surface area contributed by atoms with E-state index in [9.17, 15) is 9.90 Å². The first-order valence-corrected chi connectivity index (χ1v) is 5.31. The van der Waals surface area contributed by atoms with Crippen LogP contribution < -0.4 is 0 Å². The molecule has 0 aromatic heterocycles. The summed E-state index contributed by atoms with van der Waals surface area (Å²) in [6.45, 7) is 3.18. The van der Waals surface area contributed by atoms with Gasteiger partial charge in [0.05, 0.1) is 25.8 Å². The van der Waals surface area contributed by atoms with E-state index >= 15 is 0 Å². The third kappa shape index (κ3) is 3.35. The van der Waals surface area contributed by atoms with E-state index < -0.39 is 6.10 Å². The van der Waals surface area contributed by atoms with E-state index in [0.29, 0.717) is 19.7 Å². The third-order valence-electron chi connectivity index (χ3n) is 2.52. The fraction of sp³-hybridized carbons (Fsp3) is 0.900. The van der Waals surface area contributed by atoms with Gasteiger partial charge in [0, 0.05) is 7.11 Å². The van der Waals surface area contributed by atoms with Gasteiger partial charge in [-0.2, -0.15) is 0 Å². The zero-order chi connectivity index (χ0) is 11.3. The molecule has 0 unspecified atom stereocenters. The molecule has 0 spiro atoms. The normalized spacial score (nSPS) is 25.7. The number of aliphatic hydroxyl groups is 1. The lowest BCUT2D eigenvalue weighted by Crippen LogP contribution is -2.30. The first kappa shape index (κ1) is 12.3. The Hall–Kier alpha value is -0.810. The number of methoxy groups -OCH3 is 1. The molecule has 15 heavy (non-hydrogen) atoms. The Kier molecular flexibility index (Phi) is 4.84. The minimum atomic E-state index is -0.603. The van der Waals surface area contributed by atoms with Crippen LogP contribution in [-0.2, 0) is 9.47 Å². The zero-order valence-electron chi connectivity index (χ0n) is 9.31. The number of hydrogen-bond acceptors (Lipinski definition) is 4. The van der Waals surface area contributed by atoms with Crippen molar-refractivity contribution in [1.29, 1.82) is 0 Å². The SMILES string of the molecule is CCCCOC(=O)N1C[C@@H](O)[C@H](OC)C1. The summed E-state index contributed by atoms with van der Waals surface area (Å²) in [7, 11) is 1.53. The molecule has 0 aromatic carbocycles. The summed E-state index contributed by atoms with van der Waals surface area (Å²) in [5, 5.41) is 9.51. The molecule has 5 heteroatoms. The Labute approximate surface area is 90.0 Å². The maximum atomic E-state index is 11.5. The van der Waals surface area contributed by atoms with Crippen LogP contribution in [0, 0.1) is 0 Å². The zero-order valence-corrected chi connectivity index (χ0v) is 9.31. The molecular weight excluding hydrogens is 198 g/mol. The Morgan fingerprint density at radius 3 is 2.80 bits per heavy atom. The first-order chi connectivity index (χ1) is 7.19. The predicted molar refractivity (Wildman–Crippen MR) is 54.6 cm³/mol. The topological polar surface area (TPSA) is 59.0 Å². The highest BCUT2D eigenvalue weighted by Gasteiger charge is 2.34. The Morgan fingerprint density at radius 2 is 2.27 bits per heavy atom. The lowest BCUT2D eigenvalue weighted by Gasteiger charge is -2.15. The lowest BCUT2D eigenvalue weighted by molar-refractivity contribution is 0.0214. The van der Waals surface area contributed by atoms with Crippen LogP contribution in [0.5, 0.6) is 0 Å². The van der Waals surface area contributed by atoms with E-state index in [1.165, 1.54) is 12.0 Å². The number of carbonyl (C=O) groups excluding carboxylic acids is 1. The minimum absolute atomic E-state index is 0.288. The van der Waals surface area contributed by atoms with E-state index in [2.05, 4.69) is 0 Å². The van der Waals surface area contributed by atoms with Crippen molar-refractivity contribution in [2.75, 3.05) is 26.8 Å². The maximum absolute atomic E-state index is 11.5. The molecule has 1 aliphatic rings. The van der Waals surface area contributed by atoms with E-state index in [1.807, 2.05) is 6.92 Å². The van der Waals surface area contributed by atoms with Crippen LogP contribution in [0.25, 0.3) is 0 Å². The quantitative estimate of drug-likeness (QED) is 0.701. The molecule has 1 heterocycles. The lowest BCUT2D eigenvalue weighted by atomic mass is 10.3. The van der Waals surface area contributed by atoms with Gasteiger partial charge in [-0.25, -0.2) is 4.79 Å².